The highest BCUT2D eigenvalue weighted by molar-refractivity contribution is 5.19. The Balaban J connectivity index is 2.20. The summed E-state index contributed by atoms with van der Waals surface area (Å²) in [5, 5.41) is 14.1. The van der Waals surface area contributed by atoms with E-state index >= 15 is 0 Å². The van der Waals surface area contributed by atoms with Gasteiger partial charge in [-0.15, -0.1) is 0 Å². The molecule has 4 nitrogen and oxygen atoms in total. The second-order valence-electron chi connectivity index (χ2n) is 3.93. The fourth-order valence-corrected chi connectivity index (χ4v) is 1.74. The lowest BCUT2D eigenvalue weighted by molar-refractivity contribution is 0.146. The van der Waals surface area contributed by atoms with Gasteiger partial charge in [-0.3, -0.25) is 0 Å². The average molecular weight is 235 g/mol. The zero-order valence-corrected chi connectivity index (χ0v) is 9.76. The molecule has 0 fully saturated rings. The van der Waals surface area contributed by atoms with Gasteiger partial charge in [0.25, 0.3) is 0 Å². The summed E-state index contributed by atoms with van der Waals surface area (Å²) in [5.41, 5.74) is 0.278. The third-order valence-corrected chi connectivity index (χ3v) is 2.57. The number of aliphatic hydroxyl groups is 1. The van der Waals surface area contributed by atoms with Crippen molar-refractivity contribution in [2.45, 2.75) is 26.5 Å². The Morgan fingerprint density at radius 2 is 2.06 bits per heavy atom. The first kappa shape index (κ1) is 11.7. The molecule has 0 aliphatic heterocycles. The highest BCUT2D eigenvalue weighted by Crippen LogP contribution is 2.18. The van der Waals surface area contributed by atoms with Crippen LogP contribution in [0, 0.1) is 19.7 Å². The van der Waals surface area contributed by atoms with E-state index in [2.05, 4.69) is 10.1 Å². The molecule has 0 spiro atoms. The summed E-state index contributed by atoms with van der Waals surface area (Å²) in [7, 11) is 0. The Hall–Kier alpha value is -1.75. The van der Waals surface area contributed by atoms with Crippen molar-refractivity contribution in [3.63, 3.8) is 0 Å². The molecule has 1 N–H and O–H groups in total. The maximum Gasteiger partial charge on any atom is 0.147 e. The Labute approximate surface area is 98.7 Å². The first-order chi connectivity index (χ1) is 8.08. The zero-order valence-electron chi connectivity index (χ0n) is 9.76. The first-order valence-electron chi connectivity index (χ1n) is 5.38. The topological polar surface area (TPSA) is 50.9 Å². The van der Waals surface area contributed by atoms with Gasteiger partial charge in [-0.1, -0.05) is 18.2 Å². The molecule has 1 unspecified atom stereocenters. The molecule has 0 saturated heterocycles. The van der Waals surface area contributed by atoms with Crippen molar-refractivity contribution in [1.82, 2.24) is 14.8 Å². The molecule has 5 heteroatoms. The predicted octanol–water partition coefficient (Wildman–Crippen LogP) is 1.77. The Morgan fingerprint density at radius 1 is 1.35 bits per heavy atom. The van der Waals surface area contributed by atoms with Gasteiger partial charge in [0.2, 0.25) is 0 Å². The van der Waals surface area contributed by atoms with E-state index in [1.165, 1.54) is 6.07 Å². The standard InChI is InChI=1S/C12H14FN3O/c1-8-14-9(2)16(15-8)7-12(17)10-5-3-4-6-11(10)13/h3-6,12,17H,7H2,1-2H3. The van der Waals surface area contributed by atoms with Gasteiger partial charge in [0.15, 0.2) is 0 Å². The van der Waals surface area contributed by atoms with E-state index in [-0.39, 0.29) is 12.1 Å². The van der Waals surface area contributed by atoms with Crippen LogP contribution in [0.4, 0.5) is 4.39 Å². The van der Waals surface area contributed by atoms with E-state index in [9.17, 15) is 9.50 Å². The number of nitrogens with zero attached hydrogens (tertiary/aromatic N) is 3. The minimum absolute atomic E-state index is 0.202. The summed E-state index contributed by atoms with van der Waals surface area (Å²) in [6.45, 7) is 3.78. The molecule has 17 heavy (non-hydrogen) atoms. The SMILES string of the molecule is Cc1nc(C)n(CC(O)c2ccccc2F)n1. The van der Waals surface area contributed by atoms with Crippen molar-refractivity contribution in [2.24, 2.45) is 0 Å². The van der Waals surface area contributed by atoms with Crippen LogP contribution in [0.25, 0.3) is 0 Å². The largest absolute Gasteiger partial charge is 0.386 e. The molecule has 0 aliphatic carbocycles. The van der Waals surface area contributed by atoms with Gasteiger partial charge in [-0.25, -0.2) is 14.1 Å². The molecule has 1 aromatic carbocycles. The lowest BCUT2D eigenvalue weighted by Gasteiger charge is -2.12. The van der Waals surface area contributed by atoms with Crippen LogP contribution in [0.15, 0.2) is 24.3 Å². The summed E-state index contributed by atoms with van der Waals surface area (Å²) in [6, 6.07) is 6.19. The van der Waals surface area contributed by atoms with E-state index in [4.69, 9.17) is 0 Å². The Bertz CT molecular complexity index is 524. The number of halogens is 1. The fraction of sp³-hybridized carbons (Fsp3) is 0.333. The summed E-state index contributed by atoms with van der Waals surface area (Å²) >= 11 is 0. The molecular formula is C12H14FN3O. The highest BCUT2D eigenvalue weighted by Gasteiger charge is 2.14. The fourth-order valence-electron chi connectivity index (χ4n) is 1.74. The molecule has 90 valence electrons. The second-order valence-corrected chi connectivity index (χ2v) is 3.93. The van der Waals surface area contributed by atoms with Crippen LogP contribution in [-0.2, 0) is 6.54 Å². The third-order valence-electron chi connectivity index (χ3n) is 2.57. The first-order valence-corrected chi connectivity index (χ1v) is 5.38. The highest BCUT2D eigenvalue weighted by atomic mass is 19.1. The van der Waals surface area contributed by atoms with E-state index in [0.717, 1.165) is 0 Å². The maximum absolute atomic E-state index is 13.4. The molecule has 0 saturated carbocycles. The van der Waals surface area contributed by atoms with Gasteiger partial charge in [0.1, 0.15) is 23.6 Å². The van der Waals surface area contributed by atoms with Gasteiger partial charge >= 0.3 is 0 Å². The molecule has 0 radical (unpaired) electrons. The van der Waals surface area contributed by atoms with E-state index < -0.39 is 11.9 Å². The zero-order chi connectivity index (χ0) is 12.4. The Morgan fingerprint density at radius 3 is 2.65 bits per heavy atom. The average Bonchev–Trinajstić information content (AvgIpc) is 2.58. The van der Waals surface area contributed by atoms with Gasteiger partial charge < -0.3 is 5.11 Å². The van der Waals surface area contributed by atoms with Crippen molar-refractivity contribution < 1.29 is 9.50 Å². The molecule has 1 aromatic heterocycles. The Kier molecular flexibility index (Phi) is 3.19. The molecule has 2 aromatic rings. The normalized spacial score (nSPS) is 12.7. The van der Waals surface area contributed by atoms with Gasteiger partial charge in [-0.05, 0) is 19.9 Å². The van der Waals surface area contributed by atoms with Gasteiger partial charge in [-0.2, -0.15) is 5.10 Å². The van der Waals surface area contributed by atoms with Crippen molar-refractivity contribution >= 4 is 0 Å². The van der Waals surface area contributed by atoms with Gasteiger partial charge in [0, 0.05) is 5.56 Å². The number of rotatable bonds is 3. The molecule has 0 amide bonds. The minimum Gasteiger partial charge on any atom is -0.386 e. The van der Waals surface area contributed by atoms with E-state index in [0.29, 0.717) is 11.6 Å². The maximum atomic E-state index is 13.4. The smallest absolute Gasteiger partial charge is 0.147 e. The number of benzene rings is 1. The summed E-state index contributed by atoms with van der Waals surface area (Å²) in [4.78, 5) is 4.13. The molecule has 0 aliphatic rings. The number of hydrogen-bond donors (Lipinski definition) is 1. The van der Waals surface area contributed by atoms with Crippen LogP contribution in [0.3, 0.4) is 0 Å². The van der Waals surface area contributed by atoms with Crippen molar-refractivity contribution in [3.05, 3.63) is 47.3 Å². The monoisotopic (exact) mass is 235 g/mol. The van der Waals surface area contributed by atoms with Crippen molar-refractivity contribution in [2.75, 3.05) is 0 Å². The van der Waals surface area contributed by atoms with Crippen LogP contribution < -0.4 is 0 Å². The quantitative estimate of drug-likeness (QED) is 0.882. The summed E-state index contributed by atoms with van der Waals surface area (Å²) < 4.78 is 15.0. The summed E-state index contributed by atoms with van der Waals surface area (Å²) in [5.74, 6) is 0.940. The number of aromatic nitrogens is 3. The van der Waals surface area contributed by atoms with Crippen molar-refractivity contribution in [3.8, 4) is 0 Å². The van der Waals surface area contributed by atoms with Crippen molar-refractivity contribution in [1.29, 1.82) is 0 Å². The molecule has 1 atom stereocenters. The minimum atomic E-state index is -0.920. The summed E-state index contributed by atoms with van der Waals surface area (Å²) in [6.07, 6.45) is -0.920. The molecule has 1 heterocycles. The predicted molar refractivity (Wildman–Crippen MR) is 60.9 cm³/mol. The van der Waals surface area contributed by atoms with Crippen LogP contribution in [0.5, 0.6) is 0 Å². The van der Waals surface area contributed by atoms with Crippen LogP contribution in [0.2, 0.25) is 0 Å². The lowest BCUT2D eigenvalue weighted by Crippen LogP contribution is -2.12. The van der Waals surface area contributed by atoms with Crippen LogP contribution >= 0.6 is 0 Å². The number of hydrogen-bond acceptors (Lipinski definition) is 3. The second kappa shape index (κ2) is 4.63. The number of aliphatic hydroxyl groups excluding tert-OH is 1. The molecular weight excluding hydrogens is 221 g/mol. The molecule has 2 rings (SSSR count). The lowest BCUT2D eigenvalue weighted by atomic mass is 10.1. The third kappa shape index (κ3) is 2.50. The van der Waals surface area contributed by atoms with Crippen LogP contribution in [0.1, 0.15) is 23.3 Å². The van der Waals surface area contributed by atoms with Gasteiger partial charge in [0.05, 0.1) is 6.54 Å². The molecule has 0 bridgehead atoms. The van der Waals surface area contributed by atoms with E-state index in [1.807, 2.05) is 0 Å². The van der Waals surface area contributed by atoms with Crippen LogP contribution in [-0.4, -0.2) is 19.9 Å². The number of aryl methyl sites for hydroxylation is 2. The van der Waals surface area contributed by atoms with E-state index in [1.54, 1.807) is 36.7 Å².